The lowest BCUT2D eigenvalue weighted by molar-refractivity contribution is -0.644. The molecule has 6 nitrogen and oxygen atoms in total. The van der Waals surface area contributed by atoms with Crippen LogP contribution in [0.1, 0.15) is 40.5 Å². The largest absolute Gasteiger partial charge is 0.417 e. The van der Waals surface area contributed by atoms with Gasteiger partial charge in [0.1, 0.15) is 4.87 Å². The fourth-order valence-corrected chi connectivity index (χ4v) is 3.92. The zero-order valence-corrected chi connectivity index (χ0v) is 19.8. The van der Waals surface area contributed by atoms with Crippen LogP contribution in [0.5, 0.6) is 0 Å². The molecular weight excluding hydrogens is 458 g/mol. The van der Waals surface area contributed by atoms with Gasteiger partial charge in [0.05, 0.1) is 15.8 Å². The summed E-state index contributed by atoms with van der Waals surface area (Å²) >= 11 is 6.64. The highest BCUT2D eigenvalue weighted by atomic mass is 79.9. The van der Waals surface area contributed by atoms with Crippen LogP contribution in [0.4, 0.5) is 0 Å². The molecule has 24 heavy (non-hydrogen) atoms. The standard InChI is InChI=1S/C15H31Br2N3O3Si/c1-14(2,16)13(21)18-9-7-11-23-24(5,6)12-8-10-19-20(22)15(3,4)17/h7-12H2,1-6H3,(H-,18,19,21,22)/p+1. The number of carbonyl (C=O) groups excluding carboxylic acids is 1. The fourth-order valence-electron chi connectivity index (χ4n) is 1.79. The van der Waals surface area contributed by atoms with Gasteiger partial charge >= 0.3 is 0 Å². The Morgan fingerprint density at radius 1 is 1.12 bits per heavy atom. The quantitative estimate of drug-likeness (QED) is 0.109. The molecule has 2 N–H and O–H groups in total. The Bertz CT molecular complexity index is 421. The number of alkyl halides is 2. The fraction of sp³-hybridized carbons (Fsp3) is 0.933. The lowest BCUT2D eigenvalue weighted by Crippen LogP contribution is -2.40. The summed E-state index contributed by atoms with van der Waals surface area (Å²) in [5.41, 5.74) is 2.84. The monoisotopic (exact) mass is 488 g/mol. The first-order chi connectivity index (χ1) is 10.8. The Morgan fingerprint density at radius 2 is 1.71 bits per heavy atom. The van der Waals surface area contributed by atoms with Gasteiger partial charge in [-0.25, -0.2) is 0 Å². The number of halogens is 2. The van der Waals surface area contributed by atoms with Crippen molar-refractivity contribution in [2.24, 2.45) is 0 Å². The first-order valence-electron chi connectivity index (χ1n) is 8.27. The van der Waals surface area contributed by atoms with Crippen molar-refractivity contribution in [3.63, 3.8) is 0 Å². The third-order valence-corrected chi connectivity index (χ3v) is 6.56. The maximum atomic E-state index is 11.7. The molecule has 0 aliphatic heterocycles. The van der Waals surface area contributed by atoms with Crippen LogP contribution >= 0.6 is 31.9 Å². The van der Waals surface area contributed by atoms with E-state index in [0.29, 0.717) is 19.7 Å². The number of nitroso groups, excluding NO2 is 1. The van der Waals surface area contributed by atoms with Gasteiger partial charge in [-0.1, -0.05) is 15.9 Å². The van der Waals surface area contributed by atoms with Crippen molar-refractivity contribution < 1.29 is 14.1 Å². The highest BCUT2D eigenvalue weighted by Crippen LogP contribution is 2.17. The number of rotatable bonds is 12. The van der Waals surface area contributed by atoms with E-state index in [1.807, 2.05) is 13.8 Å². The van der Waals surface area contributed by atoms with Crippen molar-refractivity contribution in [3.8, 4) is 0 Å². The van der Waals surface area contributed by atoms with E-state index in [2.05, 4.69) is 55.7 Å². The average molecular weight is 490 g/mol. The Morgan fingerprint density at radius 3 is 2.21 bits per heavy atom. The summed E-state index contributed by atoms with van der Waals surface area (Å²) in [5, 5.41) is 2.88. The highest BCUT2D eigenvalue weighted by Gasteiger charge is 2.32. The molecule has 0 unspecified atom stereocenters. The van der Waals surface area contributed by atoms with E-state index in [1.165, 1.54) is 0 Å². The van der Waals surface area contributed by atoms with Gasteiger partial charge in [0, 0.05) is 42.9 Å². The minimum atomic E-state index is -1.73. The number of hydrogen-bond donors (Lipinski definition) is 2. The van der Waals surface area contributed by atoms with E-state index < -0.39 is 17.1 Å². The van der Waals surface area contributed by atoms with E-state index in [1.54, 1.807) is 13.8 Å². The van der Waals surface area contributed by atoms with Crippen LogP contribution in [0.25, 0.3) is 0 Å². The molecule has 0 saturated heterocycles. The molecule has 0 saturated carbocycles. The molecule has 0 heterocycles. The van der Waals surface area contributed by atoms with Crippen LogP contribution in [0.15, 0.2) is 0 Å². The van der Waals surface area contributed by atoms with E-state index >= 15 is 0 Å². The molecule has 0 aliphatic rings. The first-order valence-corrected chi connectivity index (χ1v) is 13.0. The normalized spacial score (nSPS) is 12.8. The van der Waals surface area contributed by atoms with Gasteiger partial charge in [0.15, 0.2) is 8.32 Å². The first kappa shape index (κ1) is 24.0. The van der Waals surface area contributed by atoms with E-state index in [0.717, 1.165) is 23.8 Å². The molecule has 0 aromatic heterocycles. The number of amides is 1. The van der Waals surface area contributed by atoms with Crippen molar-refractivity contribution in [2.75, 3.05) is 19.7 Å². The van der Waals surface area contributed by atoms with Crippen molar-refractivity contribution in [1.29, 1.82) is 0 Å². The second-order valence-corrected chi connectivity index (χ2v) is 15.6. The lowest BCUT2D eigenvalue weighted by Gasteiger charge is -2.23. The Kier molecular flexibility index (Phi) is 10.2. The van der Waals surface area contributed by atoms with Crippen molar-refractivity contribution in [3.05, 3.63) is 4.91 Å². The molecule has 142 valence electrons. The van der Waals surface area contributed by atoms with Gasteiger partial charge in [-0.2, -0.15) is 5.43 Å². The average Bonchev–Trinajstić information content (AvgIpc) is 2.40. The molecule has 0 radical (unpaired) electrons. The molecule has 0 bridgehead atoms. The predicted molar refractivity (Wildman–Crippen MR) is 108 cm³/mol. The molecule has 0 spiro atoms. The Balaban J connectivity index is 3.83. The molecule has 1 amide bonds. The van der Waals surface area contributed by atoms with Crippen LogP contribution in [0.2, 0.25) is 19.1 Å². The summed E-state index contributed by atoms with van der Waals surface area (Å²) in [6, 6.07) is 0.983. The molecule has 0 rings (SSSR count). The number of hydrogen-bond acceptors (Lipinski definition) is 3. The zero-order valence-electron chi connectivity index (χ0n) is 15.7. The van der Waals surface area contributed by atoms with E-state index in [-0.39, 0.29) is 5.91 Å². The van der Waals surface area contributed by atoms with Crippen molar-refractivity contribution >= 4 is 46.1 Å². The van der Waals surface area contributed by atoms with E-state index in [9.17, 15) is 9.70 Å². The Hall–Kier alpha value is 0.00688. The number of nitrogens with zero attached hydrogens (tertiary/aromatic N) is 1. The maximum absolute atomic E-state index is 11.7. The summed E-state index contributed by atoms with van der Waals surface area (Å²) in [7, 11) is -1.73. The summed E-state index contributed by atoms with van der Waals surface area (Å²) < 4.78 is 4.88. The number of carbonyl (C=O) groups is 1. The second-order valence-electron chi connectivity index (χ2n) is 7.41. The molecule has 0 fully saturated rings. The predicted octanol–water partition coefficient (Wildman–Crippen LogP) is 3.69. The minimum Gasteiger partial charge on any atom is -0.417 e. The third-order valence-electron chi connectivity index (χ3n) is 3.33. The molecule has 0 aliphatic carbocycles. The van der Waals surface area contributed by atoms with Crippen molar-refractivity contribution in [2.45, 2.75) is 68.4 Å². The van der Waals surface area contributed by atoms with E-state index in [4.69, 9.17) is 4.43 Å². The lowest BCUT2D eigenvalue weighted by atomic mass is 10.2. The van der Waals surface area contributed by atoms with Crippen LogP contribution in [-0.2, 0) is 9.22 Å². The number of hydrazine groups is 1. The summed E-state index contributed by atoms with van der Waals surface area (Å²) in [5.74, 6) is -0.0121. The molecule has 0 aromatic carbocycles. The van der Waals surface area contributed by atoms with Gasteiger partial charge in [0.2, 0.25) is 5.91 Å². The molecule has 0 aromatic rings. The summed E-state index contributed by atoms with van der Waals surface area (Å²) in [4.78, 5) is 24.2. The number of nitrogens with one attached hydrogen (secondary N) is 2. The Labute approximate surface area is 163 Å². The third kappa shape index (κ3) is 11.5. The van der Waals surface area contributed by atoms with Crippen molar-refractivity contribution in [1.82, 2.24) is 10.7 Å². The zero-order chi connectivity index (χ0) is 19.0. The van der Waals surface area contributed by atoms with Crippen LogP contribution in [0, 0.1) is 4.91 Å². The van der Waals surface area contributed by atoms with Gasteiger partial charge < -0.3 is 9.74 Å². The highest BCUT2D eigenvalue weighted by molar-refractivity contribution is 9.10. The topological polar surface area (TPSA) is 70.4 Å². The van der Waals surface area contributed by atoms with Gasteiger partial charge in [-0.15, -0.1) is 0 Å². The smallest absolute Gasteiger partial charge is 0.290 e. The van der Waals surface area contributed by atoms with Crippen LogP contribution in [0.3, 0.4) is 0 Å². The van der Waals surface area contributed by atoms with Gasteiger partial charge in [-0.05, 0) is 45.8 Å². The van der Waals surface area contributed by atoms with Gasteiger partial charge in [0.25, 0.3) is 4.45 Å². The SMILES string of the molecule is CC(C)(Br)C(=O)NCCCO[Si](C)(C)CCCN[N+](=O)C(C)(C)Br. The second kappa shape index (κ2) is 10.2. The molecule has 9 heteroatoms. The molecular formula is C15H32Br2N3O3Si+. The molecule has 0 atom stereocenters. The summed E-state index contributed by atoms with van der Waals surface area (Å²) in [6.45, 7) is 13.5. The van der Waals surface area contributed by atoms with Crippen LogP contribution < -0.4 is 10.7 Å². The minimum absolute atomic E-state index is 0.0121. The van der Waals surface area contributed by atoms with Gasteiger partial charge in [-0.3, -0.25) is 4.79 Å². The van der Waals surface area contributed by atoms with Crippen LogP contribution in [-0.4, -0.2) is 47.6 Å². The maximum Gasteiger partial charge on any atom is 0.290 e. The summed E-state index contributed by atoms with van der Waals surface area (Å²) in [6.07, 6.45) is 1.70.